The number of nitrogens with zero attached hydrogens (tertiary/aromatic N) is 2. The maximum atomic E-state index is 5.95. The van der Waals surface area contributed by atoms with Gasteiger partial charge in [-0.05, 0) is 53.5 Å². The normalized spacial score (nSPS) is 15.5. The molecule has 0 heterocycles. The molecule has 17 heavy (non-hydrogen) atoms. The maximum Gasteiger partial charge on any atom is 0.0480 e. The van der Waals surface area contributed by atoms with Crippen molar-refractivity contribution < 1.29 is 4.74 Å². The first-order chi connectivity index (χ1) is 8.00. The summed E-state index contributed by atoms with van der Waals surface area (Å²) in [5, 5.41) is 0. The summed E-state index contributed by atoms with van der Waals surface area (Å²) in [4.78, 5) is 4.71. The molecule has 0 aromatic heterocycles. The van der Waals surface area contributed by atoms with Crippen LogP contribution in [0.25, 0.3) is 0 Å². The Labute approximate surface area is 107 Å². The van der Waals surface area contributed by atoms with Gasteiger partial charge in [-0.2, -0.15) is 0 Å². The first-order valence-corrected chi connectivity index (χ1v) is 6.59. The fourth-order valence-corrected chi connectivity index (χ4v) is 2.10. The third-order valence-corrected chi connectivity index (χ3v) is 3.46. The predicted octanol–water partition coefficient (Wildman–Crippen LogP) is 1.01. The average molecular weight is 245 g/mol. The van der Waals surface area contributed by atoms with Crippen LogP contribution in [0.2, 0.25) is 0 Å². The van der Waals surface area contributed by atoms with Crippen molar-refractivity contribution in [3.8, 4) is 0 Å². The monoisotopic (exact) mass is 245 g/mol. The van der Waals surface area contributed by atoms with Gasteiger partial charge in [0.1, 0.15) is 0 Å². The fraction of sp³-hybridized carbons (Fsp3) is 1.00. The highest BCUT2D eigenvalue weighted by Crippen LogP contribution is 2.18. The predicted molar refractivity (Wildman–Crippen MR) is 74.4 cm³/mol. The zero-order valence-electron chi connectivity index (χ0n) is 12.3. The number of methoxy groups -OCH3 is 1. The summed E-state index contributed by atoms with van der Waals surface area (Å²) < 4.78 is 5.19. The highest BCUT2D eigenvalue weighted by Gasteiger charge is 2.28. The van der Waals surface area contributed by atoms with Crippen LogP contribution >= 0.6 is 0 Å². The van der Waals surface area contributed by atoms with E-state index in [0.29, 0.717) is 6.54 Å². The molecular formula is C13H31N3O. The Bertz CT molecular complexity index is 188. The van der Waals surface area contributed by atoms with Crippen molar-refractivity contribution in [2.24, 2.45) is 5.73 Å². The quantitative estimate of drug-likeness (QED) is 0.624. The van der Waals surface area contributed by atoms with Crippen LogP contribution in [0.4, 0.5) is 0 Å². The molecule has 2 N–H and O–H groups in total. The summed E-state index contributed by atoms with van der Waals surface area (Å²) in [7, 11) is 5.98. The van der Waals surface area contributed by atoms with Gasteiger partial charge in [0.05, 0.1) is 0 Å². The molecule has 0 aromatic rings. The van der Waals surface area contributed by atoms with Crippen LogP contribution in [0.1, 0.15) is 26.7 Å². The van der Waals surface area contributed by atoms with Crippen molar-refractivity contribution in [2.45, 2.75) is 32.2 Å². The Balaban J connectivity index is 4.26. The van der Waals surface area contributed by atoms with Crippen molar-refractivity contribution in [3.05, 3.63) is 0 Å². The topological polar surface area (TPSA) is 41.7 Å². The number of nitrogens with two attached hydrogens (primary N) is 1. The van der Waals surface area contributed by atoms with Crippen LogP contribution in [0, 0.1) is 0 Å². The summed E-state index contributed by atoms with van der Waals surface area (Å²) in [6.45, 7) is 9.18. The van der Waals surface area contributed by atoms with E-state index in [0.717, 1.165) is 32.7 Å². The van der Waals surface area contributed by atoms with Gasteiger partial charge in [-0.3, -0.25) is 4.90 Å². The summed E-state index contributed by atoms with van der Waals surface area (Å²) >= 11 is 0. The standard InChI is InChI=1S/C13H31N3O/c1-6-16(10-7-9-15(3)4)13(2,12-14)8-11-17-5/h6-12,14H2,1-5H3. The molecule has 0 spiro atoms. The van der Waals surface area contributed by atoms with Gasteiger partial charge in [-0.1, -0.05) is 6.92 Å². The minimum absolute atomic E-state index is 0.0665. The van der Waals surface area contributed by atoms with Gasteiger partial charge in [-0.15, -0.1) is 0 Å². The molecule has 0 aromatic carbocycles. The maximum absolute atomic E-state index is 5.95. The molecule has 0 saturated carbocycles. The molecule has 0 radical (unpaired) electrons. The minimum Gasteiger partial charge on any atom is -0.385 e. The molecule has 4 nitrogen and oxygen atoms in total. The van der Waals surface area contributed by atoms with Gasteiger partial charge in [0.25, 0.3) is 0 Å². The second-order valence-electron chi connectivity index (χ2n) is 5.18. The van der Waals surface area contributed by atoms with Crippen LogP contribution < -0.4 is 5.73 Å². The van der Waals surface area contributed by atoms with E-state index in [-0.39, 0.29) is 5.54 Å². The first kappa shape index (κ1) is 16.8. The van der Waals surface area contributed by atoms with E-state index in [1.165, 1.54) is 6.42 Å². The van der Waals surface area contributed by atoms with E-state index < -0.39 is 0 Å². The molecule has 0 saturated heterocycles. The molecule has 4 heteroatoms. The number of ether oxygens (including phenoxy) is 1. The lowest BCUT2D eigenvalue weighted by molar-refractivity contribution is 0.0700. The summed E-state index contributed by atoms with van der Waals surface area (Å²) in [5.41, 5.74) is 6.01. The van der Waals surface area contributed by atoms with Gasteiger partial charge in [0.2, 0.25) is 0 Å². The molecule has 0 aliphatic carbocycles. The Morgan fingerprint density at radius 2 is 1.88 bits per heavy atom. The zero-order valence-corrected chi connectivity index (χ0v) is 12.3. The number of rotatable bonds is 10. The molecule has 104 valence electrons. The van der Waals surface area contributed by atoms with E-state index in [1.807, 2.05) is 0 Å². The van der Waals surface area contributed by atoms with E-state index in [4.69, 9.17) is 10.5 Å². The van der Waals surface area contributed by atoms with E-state index in [9.17, 15) is 0 Å². The van der Waals surface area contributed by atoms with Gasteiger partial charge >= 0.3 is 0 Å². The third-order valence-electron chi connectivity index (χ3n) is 3.46. The lowest BCUT2D eigenvalue weighted by Crippen LogP contribution is -2.52. The second-order valence-corrected chi connectivity index (χ2v) is 5.18. The van der Waals surface area contributed by atoms with Crippen LogP contribution in [0.3, 0.4) is 0 Å². The summed E-state index contributed by atoms with van der Waals surface area (Å²) in [6, 6.07) is 0. The van der Waals surface area contributed by atoms with Crippen molar-refractivity contribution in [2.75, 3.05) is 54.0 Å². The second kappa shape index (κ2) is 8.86. The van der Waals surface area contributed by atoms with Gasteiger partial charge in [0.15, 0.2) is 0 Å². The molecule has 1 atom stereocenters. The molecule has 1 unspecified atom stereocenters. The average Bonchev–Trinajstić information content (AvgIpc) is 2.31. The minimum atomic E-state index is 0.0665. The lowest BCUT2D eigenvalue weighted by atomic mass is 9.95. The highest BCUT2D eigenvalue weighted by atomic mass is 16.5. The summed E-state index contributed by atoms with van der Waals surface area (Å²) in [6.07, 6.45) is 2.18. The Hall–Kier alpha value is -0.160. The van der Waals surface area contributed by atoms with Crippen LogP contribution in [-0.4, -0.2) is 69.3 Å². The Morgan fingerprint density at radius 1 is 1.24 bits per heavy atom. The molecular weight excluding hydrogens is 214 g/mol. The number of hydrogen-bond donors (Lipinski definition) is 1. The number of hydrogen-bond acceptors (Lipinski definition) is 4. The number of likely N-dealkylation sites (N-methyl/N-ethyl adjacent to an activating group) is 1. The SMILES string of the molecule is CCN(CCCN(C)C)C(C)(CN)CCOC. The summed E-state index contributed by atoms with van der Waals surface area (Å²) in [5.74, 6) is 0. The van der Waals surface area contributed by atoms with Gasteiger partial charge in [0, 0.05) is 25.8 Å². The Morgan fingerprint density at radius 3 is 2.29 bits per heavy atom. The van der Waals surface area contributed by atoms with Crippen LogP contribution in [0.15, 0.2) is 0 Å². The first-order valence-electron chi connectivity index (χ1n) is 6.59. The highest BCUT2D eigenvalue weighted by molar-refractivity contribution is 4.86. The van der Waals surface area contributed by atoms with Crippen molar-refractivity contribution in [1.29, 1.82) is 0 Å². The van der Waals surface area contributed by atoms with Crippen molar-refractivity contribution in [1.82, 2.24) is 9.80 Å². The van der Waals surface area contributed by atoms with E-state index >= 15 is 0 Å². The van der Waals surface area contributed by atoms with Crippen molar-refractivity contribution >= 4 is 0 Å². The smallest absolute Gasteiger partial charge is 0.0480 e. The molecule has 0 aliphatic heterocycles. The third kappa shape index (κ3) is 6.36. The van der Waals surface area contributed by atoms with Crippen LogP contribution in [0.5, 0.6) is 0 Å². The van der Waals surface area contributed by atoms with E-state index in [2.05, 4.69) is 37.7 Å². The fourth-order valence-electron chi connectivity index (χ4n) is 2.10. The van der Waals surface area contributed by atoms with Gasteiger partial charge < -0.3 is 15.4 Å². The van der Waals surface area contributed by atoms with Crippen molar-refractivity contribution in [3.63, 3.8) is 0 Å². The van der Waals surface area contributed by atoms with E-state index in [1.54, 1.807) is 7.11 Å². The molecule has 0 fully saturated rings. The zero-order chi connectivity index (χ0) is 13.3. The molecule has 0 bridgehead atoms. The molecule has 0 aliphatic rings. The largest absolute Gasteiger partial charge is 0.385 e. The van der Waals surface area contributed by atoms with Crippen LogP contribution in [-0.2, 0) is 4.74 Å². The van der Waals surface area contributed by atoms with Gasteiger partial charge in [-0.25, -0.2) is 0 Å². The Kier molecular flexibility index (Phi) is 8.78. The molecule has 0 amide bonds. The lowest BCUT2D eigenvalue weighted by Gasteiger charge is -2.40. The molecule has 0 rings (SSSR count).